The van der Waals surface area contributed by atoms with Gasteiger partial charge in [0.1, 0.15) is 12.3 Å². The van der Waals surface area contributed by atoms with Crippen LogP contribution in [-0.4, -0.2) is 49.5 Å². The summed E-state index contributed by atoms with van der Waals surface area (Å²) in [7, 11) is 1.32. The van der Waals surface area contributed by atoms with Crippen LogP contribution in [0, 0.1) is 10.1 Å². The molecule has 0 bridgehead atoms. The molecule has 4 N–H and O–H groups in total. The van der Waals surface area contributed by atoms with E-state index in [0.29, 0.717) is 0 Å². The number of benzene rings is 1. The number of nitrogens with one attached hydrogen (secondary N) is 1. The Hall–Kier alpha value is -3.77. The SMILES string of the molecule is COc1cc(C=NNC(=O)Cn2nnc(N)n2)c(O)c([N+](=O)[O-])c1. The highest BCUT2D eigenvalue weighted by Crippen LogP contribution is 2.33. The van der Waals surface area contributed by atoms with E-state index in [1.807, 2.05) is 0 Å². The lowest BCUT2D eigenvalue weighted by atomic mass is 10.1. The van der Waals surface area contributed by atoms with Gasteiger partial charge in [-0.2, -0.15) is 9.90 Å². The van der Waals surface area contributed by atoms with Gasteiger partial charge in [-0.3, -0.25) is 14.9 Å². The average Bonchev–Trinajstić information content (AvgIpc) is 2.93. The van der Waals surface area contributed by atoms with Crippen LogP contribution in [0.5, 0.6) is 11.5 Å². The van der Waals surface area contributed by atoms with E-state index in [9.17, 15) is 20.0 Å². The Bertz CT molecular complexity index is 802. The Balaban J connectivity index is 2.09. The number of nitro benzene ring substituents is 1. The fraction of sp³-hybridized carbons (Fsp3) is 0.182. The van der Waals surface area contributed by atoms with Crippen LogP contribution < -0.4 is 15.9 Å². The number of nitrogens with zero attached hydrogens (tertiary/aromatic N) is 6. The number of anilines is 1. The van der Waals surface area contributed by atoms with E-state index in [2.05, 4.69) is 25.9 Å². The number of tetrazole rings is 1. The van der Waals surface area contributed by atoms with Gasteiger partial charge in [0.25, 0.3) is 11.9 Å². The van der Waals surface area contributed by atoms with Crippen molar-refractivity contribution in [1.29, 1.82) is 0 Å². The molecule has 1 amide bonds. The van der Waals surface area contributed by atoms with E-state index in [0.717, 1.165) is 17.1 Å². The van der Waals surface area contributed by atoms with E-state index in [4.69, 9.17) is 10.5 Å². The molecule has 24 heavy (non-hydrogen) atoms. The molecule has 0 radical (unpaired) electrons. The van der Waals surface area contributed by atoms with Gasteiger partial charge in [-0.15, -0.1) is 5.10 Å². The largest absolute Gasteiger partial charge is 0.502 e. The molecule has 126 valence electrons. The molecule has 0 saturated carbocycles. The Morgan fingerprint density at radius 2 is 2.38 bits per heavy atom. The number of ether oxygens (including phenoxy) is 1. The summed E-state index contributed by atoms with van der Waals surface area (Å²) in [6.07, 6.45) is 1.03. The summed E-state index contributed by atoms with van der Waals surface area (Å²) in [6, 6.07) is 2.38. The zero-order valence-electron chi connectivity index (χ0n) is 12.3. The zero-order valence-corrected chi connectivity index (χ0v) is 12.3. The molecule has 0 saturated heterocycles. The van der Waals surface area contributed by atoms with Crippen LogP contribution in [0.3, 0.4) is 0 Å². The summed E-state index contributed by atoms with van der Waals surface area (Å²) < 4.78 is 4.91. The summed E-state index contributed by atoms with van der Waals surface area (Å²) in [5.41, 5.74) is 6.83. The van der Waals surface area contributed by atoms with Crippen molar-refractivity contribution in [2.45, 2.75) is 6.54 Å². The first-order valence-electron chi connectivity index (χ1n) is 6.31. The molecule has 0 unspecified atom stereocenters. The highest BCUT2D eigenvalue weighted by Gasteiger charge is 2.18. The number of hydrogen-bond donors (Lipinski definition) is 3. The van der Waals surface area contributed by atoms with Crippen molar-refractivity contribution in [2.75, 3.05) is 12.8 Å². The molecule has 1 aromatic heterocycles. The van der Waals surface area contributed by atoms with Crippen LogP contribution in [-0.2, 0) is 11.3 Å². The minimum Gasteiger partial charge on any atom is -0.502 e. The molecule has 0 aliphatic rings. The van der Waals surface area contributed by atoms with Gasteiger partial charge in [0.15, 0.2) is 0 Å². The number of aromatic nitrogens is 4. The van der Waals surface area contributed by atoms with Crippen molar-refractivity contribution >= 4 is 23.8 Å². The second-order valence-corrected chi connectivity index (χ2v) is 4.31. The molecule has 0 fully saturated rings. The minimum absolute atomic E-state index is 0.00975. The van der Waals surface area contributed by atoms with Gasteiger partial charge >= 0.3 is 5.69 Å². The lowest BCUT2D eigenvalue weighted by Gasteiger charge is -2.04. The number of amides is 1. The second-order valence-electron chi connectivity index (χ2n) is 4.31. The number of hydrazone groups is 1. The van der Waals surface area contributed by atoms with Crippen molar-refractivity contribution in [2.24, 2.45) is 5.10 Å². The molecule has 0 atom stereocenters. The second kappa shape index (κ2) is 6.99. The van der Waals surface area contributed by atoms with E-state index >= 15 is 0 Å². The van der Waals surface area contributed by atoms with Crippen molar-refractivity contribution in [3.05, 3.63) is 27.8 Å². The number of rotatable bonds is 6. The van der Waals surface area contributed by atoms with Crippen molar-refractivity contribution in [3.8, 4) is 11.5 Å². The summed E-state index contributed by atoms with van der Waals surface area (Å²) in [5, 5.41) is 34.8. The Labute approximate surface area is 133 Å². The molecule has 0 spiro atoms. The number of aromatic hydroxyl groups is 1. The van der Waals surface area contributed by atoms with E-state index < -0.39 is 22.3 Å². The normalized spacial score (nSPS) is 10.7. The van der Waals surface area contributed by atoms with Gasteiger partial charge in [0, 0.05) is 5.56 Å². The van der Waals surface area contributed by atoms with Gasteiger partial charge in [0.05, 0.1) is 24.3 Å². The van der Waals surface area contributed by atoms with Gasteiger partial charge in [-0.05, 0) is 11.3 Å². The van der Waals surface area contributed by atoms with Crippen molar-refractivity contribution in [3.63, 3.8) is 0 Å². The van der Waals surface area contributed by atoms with Gasteiger partial charge in [-0.1, -0.05) is 5.10 Å². The molecule has 1 aromatic carbocycles. The summed E-state index contributed by atoms with van der Waals surface area (Å²) in [6.45, 7) is -0.286. The predicted octanol–water partition coefficient (Wildman–Crippen LogP) is -0.972. The number of nitrogen functional groups attached to an aromatic ring is 1. The number of phenols is 1. The fourth-order valence-corrected chi connectivity index (χ4v) is 1.63. The lowest BCUT2D eigenvalue weighted by Crippen LogP contribution is -2.24. The maximum atomic E-state index is 11.6. The molecule has 13 heteroatoms. The summed E-state index contributed by atoms with van der Waals surface area (Å²) in [5.74, 6) is -1.14. The first kappa shape index (κ1) is 16.6. The lowest BCUT2D eigenvalue weighted by molar-refractivity contribution is -0.385. The van der Waals surface area contributed by atoms with E-state index in [-0.39, 0.29) is 23.8 Å². The van der Waals surface area contributed by atoms with E-state index in [1.54, 1.807) is 0 Å². The number of carbonyl (C=O) groups is 1. The first-order valence-corrected chi connectivity index (χ1v) is 6.31. The van der Waals surface area contributed by atoms with Gasteiger partial charge < -0.3 is 15.6 Å². The molecule has 1 heterocycles. The zero-order chi connectivity index (χ0) is 17.7. The van der Waals surface area contributed by atoms with Crippen LogP contribution >= 0.6 is 0 Å². The minimum atomic E-state index is -0.769. The molecular formula is C11H12N8O5. The third kappa shape index (κ3) is 3.90. The average molecular weight is 336 g/mol. The molecular weight excluding hydrogens is 324 g/mol. The Morgan fingerprint density at radius 3 is 2.96 bits per heavy atom. The number of hydrogen-bond acceptors (Lipinski definition) is 10. The fourth-order valence-electron chi connectivity index (χ4n) is 1.63. The van der Waals surface area contributed by atoms with Crippen LogP contribution in [0.1, 0.15) is 5.56 Å². The topological polar surface area (TPSA) is 184 Å². The molecule has 0 aliphatic carbocycles. The maximum absolute atomic E-state index is 11.6. The van der Waals surface area contributed by atoms with Crippen LogP contribution in [0.4, 0.5) is 11.6 Å². The van der Waals surface area contributed by atoms with Crippen molar-refractivity contribution in [1.82, 2.24) is 25.6 Å². The molecule has 0 aliphatic heterocycles. The maximum Gasteiger partial charge on any atom is 0.315 e. The molecule has 13 nitrogen and oxygen atoms in total. The van der Waals surface area contributed by atoms with Gasteiger partial charge in [-0.25, -0.2) is 5.43 Å². The third-order valence-electron chi connectivity index (χ3n) is 2.67. The Morgan fingerprint density at radius 1 is 1.62 bits per heavy atom. The van der Waals surface area contributed by atoms with E-state index in [1.165, 1.54) is 13.2 Å². The van der Waals surface area contributed by atoms with Crippen LogP contribution in [0.15, 0.2) is 17.2 Å². The number of nitro groups is 1. The highest BCUT2D eigenvalue weighted by molar-refractivity contribution is 5.87. The standard InChI is InChI=1S/C11H12N8O5/c1-24-7-2-6(10(21)8(3-7)19(22)23)4-13-14-9(20)5-18-16-11(12)15-17-18/h2-4,21H,5H2,1H3,(H2,12,16)(H,14,20). The third-order valence-corrected chi connectivity index (χ3v) is 2.67. The monoisotopic (exact) mass is 336 g/mol. The number of phenolic OH excluding ortho intramolecular Hbond substituents is 1. The number of carbonyl (C=O) groups excluding carboxylic acids is 1. The number of nitrogens with two attached hydrogens (primary N) is 1. The quantitative estimate of drug-likeness (QED) is 0.339. The smallest absolute Gasteiger partial charge is 0.315 e. The number of methoxy groups -OCH3 is 1. The van der Waals surface area contributed by atoms with Crippen molar-refractivity contribution < 1.29 is 19.6 Å². The molecule has 2 rings (SSSR count). The summed E-state index contributed by atoms with van der Waals surface area (Å²) in [4.78, 5) is 22.7. The summed E-state index contributed by atoms with van der Waals surface area (Å²) >= 11 is 0. The van der Waals surface area contributed by atoms with Crippen LogP contribution in [0.25, 0.3) is 0 Å². The van der Waals surface area contributed by atoms with Crippen LogP contribution in [0.2, 0.25) is 0 Å². The highest BCUT2D eigenvalue weighted by atomic mass is 16.6. The predicted molar refractivity (Wildman–Crippen MR) is 79.3 cm³/mol. The molecule has 2 aromatic rings. The van der Waals surface area contributed by atoms with Gasteiger partial charge in [0.2, 0.25) is 5.75 Å². The Kier molecular flexibility index (Phi) is 4.84. The first-order chi connectivity index (χ1) is 11.4.